The van der Waals surface area contributed by atoms with Crippen LogP contribution in [0.5, 0.6) is 0 Å². The molecule has 3 rings (SSSR count). The Hall–Kier alpha value is -2.58. The molecule has 0 saturated carbocycles. The van der Waals surface area contributed by atoms with Crippen molar-refractivity contribution in [2.45, 2.75) is 0 Å². The second kappa shape index (κ2) is 6.92. The lowest BCUT2D eigenvalue weighted by atomic mass is 10.0. The third-order valence-electron chi connectivity index (χ3n) is 3.27. The molecule has 0 aliphatic heterocycles. The van der Waals surface area contributed by atoms with Crippen molar-refractivity contribution in [3.8, 4) is 11.1 Å². The van der Waals surface area contributed by atoms with Gasteiger partial charge in [-0.05, 0) is 41.0 Å². The maximum absolute atomic E-state index is 5.91. The van der Waals surface area contributed by atoms with E-state index in [9.17, 15) is 0 Å². The maximum Gasteiger partial charge on any atom is 0.0561 e. The normalized spacial score (nSPS) is 10.8. The van der Waals surface area contributed by atoms with Crippen LogP contribution in [0, 0.1) is 0 Å². The molecule has 0 heterocycles. The molecule has 0 aliphatic carbocycles. The van der Waals surface area contributed by atoms with Gasteiger partial charge in [-0.2, -0.15) is 5.10 Å². The number of hydrogen-bond acceptors (Lipinski definition) is 2. The summed E-state index contributed by atoms with van der Waals surface area (Å²) < 4.78 is 0. The summed E-state index contributed by atoms with van der Waals surface area (Å²) in [6.45, 7) is 0. The van der Waals surface area contributed by atoms with Gasteiger partial charge in [0.25, 0.3) is 0 Å². The average Bonchev–Trinajstić information content (AvgIpc) is 2.57. The van der Waals surface area contributed by atoms with Crippen molar-refractivity contribution >= 4 is 23.5 Å². The van der Waals surface area contributed by atoms with Crippen LogP contribution in [0.1, 0.15) is 5.56 Å². The quantitative estimate of drug-likeness (QED) is 0.503. The smallest absolute Gasteiger partial charge is 0.0561 e. The van der Waals surface area contributed by atoms with Crippen LogP contribution in [-0.2, 0) is 0 Å². The van der Waals surface area contributed by atoms with E-state index in [2.05, 4.69) is 22.7 Å². The van der Waals surface area contributed by atoms with E-state index >= 15 is 0 Å². The number of hydrazone groups is 1. The van der Waals surface area contributed by atoms with Gasteiger partial charge in [0.2, 0.25) is 0 Å². The first-order chi connectivity index (χ1) is 10.8. The molecule has 3 aromatic rings. The van der Waals surface area contributed by atoms with Crippen molar-refractivity contribution in [2.24, 2.45) is 5.10 Å². The molecule has 1 N–H and O–H groups in total. The highest BCUT2D eigenvalue weighted by Gasteiger charge is 1.97. The molecule has 0 spiro atoms. The summed E-state index contributed by atoms with van der Waals surface area (Å²) in [6, 6.07) is 25.9. The molecule has 3 heteroatoms. The van der Waals surface area contributed by atoms with Gasteiger partial charge < -0.3 is 0 Å². The number of anilines is 1. The molecule has 3 aromatic carbocycles. The Balaban J connectivity index is 1.68. The average molecular weight is 307 g/mol. The zero-order chi connectivity index (χ0) is 15.2. The first-order valence-corrected chi connectivity index (χ1v) is 7.39. The van der Waals surface area contributed by atoms with E-state index < -0.39 is 0 Å². The summed E-state index contributed by atoms with van der Waals surface area (Å²) in [7, 11) is 0. The summed E-state index contributed by atoms with van der Waals surface area (Å²) >= 11 is 5.91. The highest BCUT2D eigenvalue weighted by Crippen LogP contribution is 2.21. The summed E-state index contributed by atoms with van der Waals surface area (Å²) in [4.78, 5) is 0. The van der Waals surface area contributed by atoms with Crippen LogP contribution in [0.25, 0.3) is 11.1 Å². The van der Waals surface area contributed by atoms with Crippen LogP contribution in [0.4, 0.5) is 5.69 Å². The van der Waals surface area contributed by atoms with Crippen LogP contribution in [0.3, 0.4) is 0 Å². The van der Waals surface area contributed by atoms with Crippen LogP contribution >= 0.6 is 11.6 Å². The number of rotatable bonds is 4. The zero-order valence-electron chi connectivity index (χ0n) is 11.9. The van der Waals surface area contributed by atoms with Gasteiger partial charge >= 0.3 is 0 Å². The number of hydrogen-bond donors (Lipinski definition) is 1. The van der Waals surface area contributed by atoms with E-state index in [4.69, 9.17) is 11.6 Å². The first-order valence-electron chi connectivity index (χ1n) is 7.01. The molecule has 0 aliphatic rings. The Kier molecular flexibility index (Phi) is 4.52. The van der Waals surface area contributed by atoms with E-state index in [1.54, 1.807) is 6.21 Å². The lowest BCUT2D eigenvalue weighted by molar-refractivity contribution is 1.35. The Morgan fingerprint density at radius 3 is 1.95 bits per heavy atom. The highest BCUT2D eigenvalue weighted by atomic mass is 35.5. The first kappa shape index (κ1) is 14.4. The van der Waals surface area contributed by atoms with Gasteiger partial charge in [-0.1, -0.05) is 66.2 Å². The maximum atomic E-state index is 5.91. The standard InChI is InChI=1S/C19H15ClN2/c20-18-12-10-17(11-13-18)16-8-6-15(7-9-16)14-21-22-19-4-2-1-3-5-19/h1-14,22H. The third-order valence-corrected chi connectivity index (χ3v) is 3.52. The molecule has 0 unspecified atom stereocenters. The fourth-order valence-electron chi connectivity index (χ4n) is 2.10. The molecule has 0 saturated heterocycles. The molecule has 2 nitrogen and oxygen atoms in total. The second-order valence-corrected chi connectivity index (χ2v) is 5.30. The number of nitrogens with zero attached hydrogens (tertiary/aromatic N) is 1. The Morgan fingerprint density at radius 1 is 0.727 bits per heavy atom. The molecule has 22 heavy (non-hydrogen) atoms. The molecular weight excluding hydrogens is 292 g/mol. The van der Waals surface area contributed by atoms with Gasteiger partial charge in [0.05, 0.1) is 11.9 Å². The zero-order valence-corrected chi connectivity index (χ0v) is 12.7. The lowest BCUT2D eigenvalue weighted by Crippen LogP contribution is -1.90. The minimum absolute atomic E-state index is 0.750. The molecular formula is C19H15ClN2. The fourth-order valence-corrected chi connectivity index (χ4v) is 2.22. The number of para-hydroxylation sites is 1. The van der Waals surface area contributed by atoms with Crippen LogP contribution in [0.15, 0.2) is 84.0 Å². The topological polar surface area (TPSA) is 24.4 Å². The van der Waals surface area contributed by atoms with Crippen LogP contribution in [0.2, 0.25) is 5.02 Å². The second-order valence-electron chi connectivity index (χ2n) is 4.86. The van der Waals surface area contributed by atoms with Crippen molar-refractivity contribution in [2.75, 3.05) is 5.43 Å². The van der Waals surface area contributed by atoms with Gasteiger partial charge in [-0.25, -0.2) is 0 Å². The number of benzene rings is 3. The van der Waals surface area contributed by atoms with Gasteiger partial charge in [0, 0.05) is 5.02 Å². The molecule has 0 atom stereocenters. The van der Waals surface area contributed by atoms with Crippen LogP contribution < -0.4 is 5.43 Å². The molecule has 0 radical (unpaired) electrons. The van der Waals surface area contributed by atoms with Gasteiger partial charge in [-0.3, -0.25) is 5.43 Å². The SMILES string of the molecule is Clc1ccc(-c2ccc(C=NNc3ccccc3)cc2)cc1. The highest BCUT2D eigenvalue weighted by molar-refractivity contribution is 6.30. The Bertz CT molecular complexity index is 748. The summed E-state index contributed by atoms with van der Waals surface area (Å²) in [5, 5.41) is 4.98. The molecule has 0 bridgehead atoms. The van der Waals surface area contributed by atoms with E-state index in [1.807, 2.05) is 66.7 Å². The van der Waals surface area contributed by atoms with Gasteiger partial charge in [-0.15, -0.1) is 0 Å². The van der Waals surface area contributed by atoms with E-state index in [0.717, 1.165) is 27.4 Å². The van der Waals surface area contributed by atoms with Crippen molar-refractivity contribution in [3.63, 3.8) is 0 Å². The van der Waals surface area contributed by atoms with E-state index in [0.29, 0.717) is 0 Å². The lowest BCUT2D eigenvalue weighted by Gasteiger charge is -2.03. The number of halogens is 1. The van der Waals surface area contributed by atoms with Gasteiger partial charge in [0.1, 0.15) is 0 Å². The van der Waals surface area contributed by atoms with Crippen molar-refractivity contribution in [1.82, 2.24) is 0 Å². The molecule has 0 aromatic heterocycles. The van der Waals surface area contributed by atoms with Gasteiger partial charge in [0.15, 0.2) is 0 Å². The summed E-state index contributed by atoms with van der Waals surface area (Å²) in [6.07, 6.45) is 1.80. The summed E-state index contributed by atoms with van der Waals surface area (Å²) in [5.41, 5.74) is 7.32. The fraction of sp³-hybridized carbons (Fsp3) is 0. The predicted molar refractivity (Wildman–Crippen MR) is 94.5 cm³/mol. The molecule has 0 amide bonds. The third kappa shape index (κ3) is 3.74. The largest absolute Gasteiger partial charge is 0.279 e. The van der Waals surface area contributed by atoms with Crippen LogP contribution in [-0.4, -0.2) is 6.21 Å². The van der Waals surface area contributed by atoms with E-state index in [-0.39, 0.29) is 0 Å². The number of nitrogens with one attached hydrogen (secondary N) is 1. The Morgan fingerprint density at radius 2 is 1.32 bits per heavy atom. The molecule has 0 fully saturated rings. The minimum atomic E-state index is 0.750. The monoisotopic (exact) mass is 306 g/mol. The van der Waals surface area contributed by atoms with Crippen molar-refractivity contribution in [3.05, 3.63) is 89.4 Å². The predicted octanol–water partition coefficient (Wildman–Crippen LogP) is 5.45. The Labute approximate surface area is 135 Å². The van der Waals surface area contributed by atoms with Crippen molar-refractivity contribution in [1.29, 1.82) is 0 Å². The van der Waals surface area contributed by atoms with Crippen molar-refractivity contribution < 1.29 is 0 Å². The molecule has 108 valence electrons. The minimum Gasteiger partial charge on any atom is -0.279 e. The van der Waals surface area contributed by atoms with E-state index in [1.165, 1.54) is 0 Å². The summed E-state index contributed by atoms with van der Waals surface area (Å²) in [5.74, 6) is 0.